The summed E-state index contributed by atoms with van der Waals surface area (Å²) in [6.07, 6.45) is 8.24. The van der Waals surface area contributed by atoms with E-state index in [0.29, 0.717) is 11.7 Å². The lowest BCUT2D eigenvalue weighted by atomic mass is 10.1. The summed E-state index contributed by atoms with van der Waals surface area (Å²) in [5.74, 6) is 0. The monoisotopic (exact) mass is 234 g/mol. The van der Waals surface area contributed by atoms with Gasteiger partial charge >= 0.3 is 0 Å². The maximum absolute atomic E-state index is 12.1. The molecule has 17 heavy (non-hydrogen) atoms. The van der Waals surface area contributed by atoms with Crippen LogP contribution in [0.25, 0.3) is 0 Å². The van der Waals surface area contributed by atoms with Crippen molar-refractivity contribution in [3.63, 3.8) is 0 Å². The zero-order valence-corrected chi connectivity index (χ0v) is 10.6. The van der Waals surface area contributed by atoms with Crippen LogP contribution in [0.3, 0.4) is 0 Å². The molecule has 1 aliphatic rings. The normalized spacial score (nSPS) is 17.9. The van der Waals surface area contributed by atoms with Gasteiger partial charge in [-0.1, -0.05) is 32.6 Å². The van der Waals surface area contributed by atoms with Crippen LogP contribution in [0.4, 0.5) is 5.69 Å². The fourth-order valence-electron chi connectivity index (χ4n) is 2.86. The van der Waals surface area contributed by atoms with Crippen LogP contribution in [0, 0.1) is 0 Å². The highest BCUT2D eigenvalue weighted by Crippen LogP contribution is 2.27. The minimum Gasteiger partial charge on any atom is -0.399 e. The molecule has 2 rings (SSSR count). The number of hydrogen-bond acceptors (Lipinski definition) is 2. The van der Waals surface area contributed by atoms with Crippen LogP contribution in [0.1, 0.15) is 57.2 Å². The van der Waals surface area contributed by atoms with E-state index in [-0.39, 0.29) is 5.56 Å². The second-order valence-electron chi connectivity index (χ2n) is 4.99. The molecule has 0 aromatic carbocycles. The van der Waals surface area contributed by atoms with E-state index >= 15 is 0 Å². The van der Waals surface area contributed by atoms with E-state index in [1.165, 1.54) is 25.7 Å². The van der Waals surface area contributed by atoms with Crippen molar-refractivity contribution in [1.29, 1.82) is 0 Å². The zero-order valence-electron chi connectivity index (χ0n) is 10.6. The van der Waals surface area contributed by atoms with Crippen LogP contribution in [-0.2, 0) is 6.42 Å². The largest absolute Gasteiger partial charge is 0.399 e. The van der Waals surface area contributed by atoms with E-state index in [4.69, 9.17) is 5.73 Å². The quantitative estimate of drug-likeness (QED) is 0.800. The van der Waals surface area contributed by atoms with Crippen LogP contribution in [-0.4, -0.2) is 4.57 Å². The first-order valence-corrected chi connectivity index (χ1v) is 6.73. The molecule has 0 bridgehead atoms. The van der Waals surface area contributed by atoms with Gasteiger partial charge in [0.25, 0.3) is 5.56 Å². The highest BCUT2D eigenvalue weighted by molar-refractivity contribution is 5.38. The van der Waals surface area contributed by atoms with Crippen molar-refractivity contribution in [2.45, 2.75) is 57.9 Å². The summed E-state index contributed by atoms with van der Waals surface area (Å²) in [6.45, 7) is 2.08. The Kier molecular flexibility index (Phi) is 3.87. The third-order valence-electron chi connectivity index (χ3n) is 3.72. The number of nitrogens with zero attached hydrogens (tertiary/aromatic N) is 1. The molecule has 1 saturated carbocycles. The van der Waals surface area contributed by atoms with E-state index in [9.17, 15) is 4.79 Å². The van der Waals surface area contributed by atoms with Gasteiger partial charge in [-0.3, -0.25) is 4.79 Å². The minimum atomic E-state index is 0.0775. The molecule has 0 atom stereocenters. The molecule has 0 spiro atoms. The highest BCUT2D eigenvalue weighted by atomic mass is 16.1. The topological polar surface area (TPSA) is 48.0 Å². The Morgan fingerprint density at radius 2 is 1.88 bits per heavy atom. The molecule has 1 aromatic rings. The van der Waals surface area contributed by atoms with Crippen molar-refractivity contribution < 1.29 is 0 Å². The number of hydrogen-bond donors (Lipinski definition) is 1. The zero-order chi connectivity index (χ0) is 12.3. The third kappa shape index (κ3) is 2.71. The van der Waals surface area contributed by atoms with Gasteiger partial charge in [-0.2, -0.15) is 0 Å². The maximum Gasteiger partial charge on any atom is 0.253 e. The van der Waals surface area contributed by atoms with E-state index in [2.05, 4.69) is 6.92 Å². The van der Waals surface area contributed by atoms with Crippen molar-refractivity contribution in [1.82, 2.24) is 4.57 Å². The number of nitrogens with two attached hydrogens (primary N) is 1. The SMILES string of the molecule is CCc1cc(N)cc(=O)n1C1CCCCCC1. The molecule has 0 radical (unpaired) electrons. The molecule has 0 saturated heterocycles. The molecular weight excluding hydrogens is 212 g/mol. The van der Waals surface area contributed by atoms with Crippen molar-refractivity contribution in [3.8, 4) is 0 Å². The average molecular weight is 234 g/mol. The first-order chi connectivity index (χ1) is 8.22. The number of aromatic nitrogens is 1. The Morgan fingerprint density at radius 1 is 1.24 bits per heavy atom. The van der Waals surface area contributed by atoms with Crippen molar-refractivity contribution in [3.05, 3.63) is 28.2 Å². The number of aryl methyl sites for hydroxylation is 1. The van der Waals surface area contributed by atoms with Gasteiger partial charge in [0.2, 0.25) is 0 Å². The first kappa shape index (κ1) is 12.2. The predicted molar refractivity (Wildman–Crippen MR) is 71.2 cm³/mol. The predicted octanol–water partition coefficient (Wildman–Crippen LogP) is 2.89. The lowest BCUT2D eigenvalue weighted by molar-refractivity contribution is 0.420. The molecule has 0 amide bonds. The molecule has 3 heteroatoms. The Balaban J connectivity index is 2.38. The van der Waals surface area contributed by atoms with Gasteiger partial charge in [-0.25, -0.2) is 0 Å². The molecular formula is C14H22N2O. The number of anilines is 1. The highest BCUT2D eigenvalue weighted by Gasteiger charge is 2.17. The van der Waals surface area contributed by atoms with E-state index < -0.39 is 0 Å². The summed E-state index contributed by atoms with van der Waals surface area (Å²) in [5, 5.41) is 0. The van der Waals surface area contributed by atoms with Crippen LogP contribution < -0.4 is 11.3 Å². The van der Waals surface area contributed by atoms with E-state index in [1.54, 1.807) is 6.07 Å². The number of pyridine rings is 1. The lowest BCUT2D eigenvalue weighted by Gasteiger charge is -2.21. The molecule has 94 valence electrons. The standard InChI is InChI=1S/C14H22N2O/c1-2-12-9-11(15)10-14(17)16(12)13-7-5-3-4-6-8-13/h9-10,13H,2-8,15H2,1H3. The van der Waals surface area contributed by atoms with Gasteiger partial charge in [-0.15, -0.1) is 0 Å². The Labute approximate surface area is 103 Å². The second kappa shape index (κ2) is 5.39. The van der Waals surface area contributed by atoms with Crippen molar-refractivity contribution in [2.24, 2.45) is 0 Å². The Morgan fingerprint density at radius 3 is 2.47 bits per heavy atom. The smallest absolute Gasteiger partial charge is 0.253 e. The third-order valence-corrected chi connectivity index (χ3v) is 3.72. The molecule has 1 heterocycles. The molecule has 0 aliphatic heterocycles. The summed E-state index contributed by atoms with van der Waals surface area (Å²) >= 11 is 0. The maximum atomic E-state index is 12.1. The van der Waals surface area contributed by atoms with Gasteiger partial charge < -0.3 is 10.3 Å². The fraction of sp³-hybridized carbons (Fsp3) is 0.643. The molecule has 1 aliphatic carbocycles. The second-order valence-corrected chi connectivity index (χ2v) is 4.99. The number of nitrogen functional groups attached to an aromatic ring is 1. The van der Waals surface area contributed by atoms with Gasteiger partial charge in [0.05, 0.1) is 0 Å². The van der Waals surface area contributed by atoms with Gasteiger partial charge in [0.15, 0.2) is 0 Å². The fourth-order valence-corrected chi connectivity index (χ4v) is 2.86. The molecule has 0 unspecified atom stereocenters. The first-order valence-electron chi connectivity index (χ1n) is 6.73. The van der Waals surface area contributed by atoms with Crippen molar-refractivity contribution >= 4 is 5.69 Å². The van der Waals surface area contributed by atoms with Gasteiger partial charge in [0, 0.05) is 23.5 Å². The average Bonchev–Trinajstić information content (AvgIpc) is 2.56. The summed E-state index contributed by atoms with van der Waals surface area (Å²) < 4.78 is 1.99. The van der Waals surface area contributed by atoms with Crippen LogP contribution >= 0.6 is 0 Å². The molecule has 1 fully saturated rings. The van der Waals surface area contributed by atoms with Crippen LogP contribution in [0.5, 0.6) is 0 Å². The number of rotatable bonds is 2. The van der Waals surface area contributed by atoms with E-state index in [0.717, 1.165) is 25.0 Å². The van der Waals surface area contributed by atoms with Gasteiger partial charge in [0.1, 0.15) is 0 Å². The summed E-state index contributed by atoms with van der Waals surface area (Å²) in [7, 11) is 0. The summed E-state index contributed by atoms with van der Waals surface area (Å²) in [6, 6.07) is 3.90. The molecule has 1 aromatic heterocycles. The van der Waals surface area contributed by atoms with Crippen molar-refractivity contribution in [2.75, 3.05) is 5.73 Å². The molecule has 3 nitrogen and oxygen atoms in total. The van der Waals surface area contributed by atoms with E-state index in [1.807, 2.05) is 10.6 Å². The summed E-state index contributed by atoms with van der Waals surface area (Å²) in [4.78, 5) is 12.1. The van der Waals surface area contributed by atoms with Crippen LogP contribution in [0.15, 0.2) is 16.9 Å². The Hall–Kier alpha value is -1.25. The molecule has 2 N–H and O–H groups in total. The Bertz CT molecular complexity index is 428. The summed E-state index contributed by atoms with van der Waals surface area (Å²) in [5.41, 5.74) is 7.51. The minimum absolute atomic E-state index is 0.0775. The lowest BCUT2D eigenvalue weighted by Crippen LogP contribution is -2.27. The van der Waals surface area contributed by atoms with Gasteiger partial charge in [-0.05, 0) is 25.3 Å². The van der Waals surface area contributed by atoms with Crippen LogP contribution in [0.2, 0.25) is 0 Å².